The average molecular weight is 460 g/mol. The Balaban J connectivity index is 1.28. The first-order valence-electron chi connectivity index (χ1n) is 10.5. The zero-order valence-corrected chi connectivity index (χ0v) is 18.2. The molecule has 9 nitrogen and oxygen atoms in total. The number of amidine groups is 2. The molecule has 0 bridgehead atoms. The molecule has 0 spiro atoms. The molecule has 0 atom stereocenters. The lowest BCUT2D eigenvalue weighted by atomic mass is 10.1. The van der Waals surface area contributed by atoms with Crippen LogP contribution in [0.25, 0.3) is 22.3 Å². The summed E-state index contributed by atoms with van der Waals surface area (Å²) in [7, 11) is 0. The number of ether oxygens (including phenoxy) is 2. The Labute approximate surface area is 195 Å². The maximum Gasteiger partial charge on any atom is 0.170 e. The molecule has 0 amide bonds. The molecule has 4 rings (SSSR count). The summed E-state index contributed by atoms with van der Waals surface area (Å²) >= 11 is 0. The van der Waals surface area contributed by atoms with Crippen LogP contribution in [0.3, 0.4) is 0 Å². The lowest BCUT2D eigenvalue weighted by molar-refractivity contribution is 0.247. The molecule has 0 aliphatic heterocycles. The third-order valence-corrected chi connectivity index (χ3v) is 5.14. The van der Waals surface area contributed by atoms with Crippen molar-refractivity contribution in [2.24, 2.45) is 21.8 Å². The monoisotopic (exact) mass is 460 g/mol. The van der Waals surface area contributed by atoms with Crippen molar-refractivity contribution in [3.8, 4) is 22.8 Å². The maximum absolute atomic E-state index is 8.85. The largest absolute Gasteiger partial charge is 0.493 e. The van der Waals surface area contributed by atoms with E-state index in [2.05, 4.69) is 10.3 Å². The Morgan fingerprint density at radius 1 is 0.735 bits per heavy atom. The van der Waals surface area contributed by atoms with Gasteiger partial charge in [0.2, 0.25) is 0 Å². The quantitative estimate of drug-likeness (QED) is 0.0964. The Hall–Kier alpha value is -4.66. The molecule has 0 fully saturated rings. The summed E-state index contributed by atoms with van der Waals surface area (Å²) in [6.07, 6.45) is 0.704. The molecule has 0 saturated carbocycles. The van der Waals surface area contributed by atoms with Gasteiger partial charge in [-0.2, -0.15) is 0 Å². The fourth-order valence-electron chi connectivity index (χ4n) is 3.34. The van der Waals surface area contributed by atoms with Crippen molar-refractivity contribution in [2.45, 2.75) is 6.42 Å². The number of oxime groups is 2. The van der Waals surface area contributed by atoms with Gasteiger partial charge in [-0.3, -0.25) is 0 Å². The van der Waals surface area contributed by atoms with Crippen molar-refractivity contribution in [2.75, 3.05) is 13.2 Å². The minimum Gasteiger partial charge on any atom is -0.493 e. The number of benzene rings is 3. The molecule has 3 aromatic carbocycles. The molecule has 174 valence electrons. The molecule has 34 heavy (non-hydrogen) atoms. The summed E-state index contributed by atoms with van der Waals surface area (Å²) in [5, 5.41) is 24.4. The highest BCUT2D eigenvalue weighted by atomic mass is 16.5. The topological polar surface area (TPSA) is 149 Å². The number of fused-ring (bicyclic) bond motifs is 1. The van der Waals surface area contributed by atoms with Gasteiger partial charge < -0.3 is 35.8 Å². The van der Waals surface area contributed by atoms with E-state index >= 15 is 0 Å². The van der Waals surface area contributed by atoms with E-state index in [1.807, 2.05) is 36.4 Å². The average Bonchev–Trinajstić information content (AvgIpc) is 3.31. The van der Waals surface area contributed by atoms with Crippen LogP contribution in [0.4, 0.5) is 0 Å². The van der Waals surface area contributed by atoms with E-state index in [9.17, 15) is 0 Å². The van der Waals surface area contributed by atoms with Crippen molar-refractivity contribution >= 4 is 22.6 Å². The SMILES string of the molecule is N/C(=N\O)c1ccc2oc(-c3ccc(OCCCOc4ccc(/C(N)=N\O)cc4)cc3)cc2c1. The molecule has 0 aliphatic rings. The van der Waals surface area contributed by atoms with Gasteiger partial charge in [0.15, 0.2) is 11.7 Å². The summed E-state index contributed by atoms with van der Waals surface area (Å²) < 4.78 is 17.4. The number of hydrogen-bond donors (Lipinski definition) is 4. The summed E-state index contributed by atoms with van der Waals surface area (Å²) in [5.41, 5.74) is 14.1. The van der Waals surface area contributed by atoms with Gasteiger partial charge in [-0.05, 0) is 72.8 Å². The highest BCUT2D eigenvalue weighted by Gasteiger charge is 2.09. The minimum atomic E-state index is 0.0488. The number of hydrogen-bond acceptors (Lipinski definition) is 7. The highest BCUT2D eigenvalue weighted by molar-refractivity contribution is 6.00. The number of rotatable bonds is 9. The third-order valence-electron chi connectivity index (χ3n) is 5.14. The predicted octanol–water partition coefficient (Wildman–Crippen LogP) is 4.14. The van der Waals surface area contributed by atoms with Crippen LogP contribution in [0, 0.1) is 0 Å². The van der Waals surface area contributed by atoms with E-state index < -0.39 is 0 Å². The van der Waals surface area contributed by atoms with Crippen molar-refractivity contribution < 1.29 is 24.3 Å². The lowest BCUT2D eigenvalue weighted by Crippen LogP contribution is -2.12. The first-order chi connectivity index (χ1) is 16.6. The molecule has 0 radical (unpaired) electrons. The first-order valence-corrected chi connectivity index (χ1v) is 10.5. The Morgan fingerprint density at radius 3 is 1.91 bits per heavy atom. The van der Waals surface area contributed by atoms with E-state index in [-0.39, 0.29) is 11.7 Å². The van der Waals surface area contributed by atoms with E-state index in [4.69, 9.17) is 35.8 Å². The Kier molecular flexibility index (Phi) is 6.83. The van der Waals surface area contributed by atoms with Gasteiger partial charge in [-0.1, -0.05) is 10.3 Å². The van der Waals surface area contributed by atoms with E-state index in [0.29, 0.717) is 47.9 Å². The summed E-state index contributed by atoms with van der Waals surface area (Å²) in [6.45, 7) is 0.996. The van der Waals surface area contributed by atoms with Crippen LogP contribution in [-0.4, -0.2) is 35.3 Å². The van der Waals surface area contributed by atoms with Crippen LogP contribution in [0.15, 0.2) is 87.5 Å². The molecule has 1 aromatic heterocycles. The number of furan rings is 1. The highest BCUT2D eigenvalue weighted by Crippen LogP contribution is 2.29. The molecule has 0 aliphatic carbocycles. The zero-order valence-electron chi connectivity index (χ0n) is 18.2. The number of nitrogens with two attached hydrogens (primary N) is 2. The van der Waals surface area contributed by atoms with E-state index in [0.717, 1.165) is 16.7 Å². The normalized spacial score (nSPS) is 12.1. The predicted molar refractivity (Wildman–Crippen MR) is 129 cm³/mol. The smallest absolute Gasteiger partial charge is 0.170 e. The van der Waals surface area contributed by atoms with Gasteiger partial charge in [0.25, 0.3) is 0 Å². The van der Waals surface area contributed by atoms with Gasteiger partial charge in [-0.25, -0.2) is 0 Å². The maximum atomic E-state index is 8.85. The molecule has 9 heteroatoms. The molecule has 0 unspecified atom stereocenters. The summed E-state index contributed by atoms with van der Waals surface area (Å²) in [6, 6.07) is 21.9. The molecule has 1 heterocycles. The number of nitrogens with zero attached hydrogens (tertiary/aromatic N) is 2. The molecule has 6 N–H and O–H groups in total. The second-order valence-electron chi connectivity index (χ2n) is 7.43. The third kappa shape index (κ3) is 5.21. The Morgan fingerprint density at radius 2 is 1.29 bits per heavy atom. The van der Waals surface area contributed by atoms with Gasteiger partial charge in [0.05, 0.1) is 13.2 Å². The van der Waals surface area contributed by atoms with Gasteiger partial charge >= 0.3 is 0 Å². The van der Waals surface area contributed by atoms with Crippen molar-refractivity contribution in [1.29, 1.82) is 0 Å². The fourth-order valence-corrected chi connectivity index (χ4v) is 3.34. The standard InChI is InChI=1S/C25H24N4O5/c26-24(28-30)17-4-9-21(10-5-17)33-13-1-12-32-20-7-2-16(3-8-20)23-15-19-14-18(25(27)29-31)6-11-22(19)34-23/h2-11,14-15,30-31H,1,12-13H2,(H2,26,28)(H2,27,29). The second-order valence-corrected chi connectivity index (χ2v) is 7.43. The molecule has 0 saturated heterocycles. The van der Waals surface area contributed by atoms with Crippen LogP contribution < -0.4 is 20.9 Å². The minimum absolute atomic E-state index is 0.0488. The second kappa shape index (κ2) is 10.3. The molecular formula is C25H24N4O5. The van der Waals surface area contributed by atoms with Gasteiger partial charge in [-0.15, -0.1) is 0 Å². The van der Waals surface area contributed by atoms with Crippen LogP contribution in [0.2, 0.25) is 0 Å². The molecular weight excluding hydrogens is 436 g/mol. The first kappa shape index (κ1) is 22.5. The lowest BCUT2D eigenvalue weighted by Gasteiger charge is -2.09. The Bertz CT molecular complexity index is 1310. The molecule has 4 aromatic rings. The summed E-state index contributed by atoms with van der Waals surface area (Å²) in [4.78, 5) is 0. The fraction of sp³-hybridized carbons (Fsp3) is 0.120. The van der Waals surface area contributed by atoms with Crippen molar-refractivity contribution in [1.82, 2.24) is 0 Å². The van der Waals surface area contributed by atoms with Crippen molar-refractivity contribution in [3.05, 3.63) is 83.9 Å². The van der Waals surface area contributed by atoms with Crippen molar-refractivity contribution in [3.63, 3.8) is 0 Å². The van der Waals surface area contributed by atoms with Crippen LogP contribution in [0.5, 0.6) is 11.5 Å². The van der Waals surface area contributed by atoms with E-state index in [1.54, 1.807) is 36.4 Å². The summed E-state index contributed by atoms with van der Waals surface area (Å²) in [5.74, 6) is 2.26. The van der Waals surface area contributed by atoms with Crippen LogP contribution in [-0.2, 0) is 0 Å². The van der Waals surface area contributed by atoms with Crippen LogP contribution in [0.1, 0.15) is 17.5 Å². The van der Waals surface area contributed by atoms with Gasteiger partial charge in [0.1, 0.15) is 22.8 Å². The van der Waals surface area contributed by atoms with E-state index in [1.165, 1.54) is 0 Å². The zero-order chi connectivity index (χ0) is 23.9. The van der Waals surface area contributed by atoms with Crippen LogP contribution >= 0.6 is 0 Å². The van der Waals surface area contributed by atoms with Gasteiger partial charge in [0, 0.05) is 28.5 Å².